The molecule has 0 fully saturated rings. The Morgan fingerprint density at radius 1 is 1.47 bits per heavy atom. The first kappa shape index (κ1) is 14.5. The van der Waals surface area contributed by atoms with Crippen molar-refractivity contribution in [3.05, 3.63) is 11.3 Å². The van der Waals surface area contributed by atoms with E-state index >= 15 is 0 Å². The normalized spacial score (nSPS) is 12.6. The summed E-state index contributed by atoms with van der Waals surface area (Å²) in [7, 11) is -3.57. The van der Waals surface area contributed by atoms with Crippen molar-refractivity contribution < 1.29 is 8.42 Å². The molecule has 0 aromatic carbocycles. The Morgan fingerprint density at radius 3 is 2.47 bits per heavy atom. The lowest BCUT2D eigenvalue weighted by atomic mass is 10.3. The van der Waals surface area contributed by atoms with Crippen LogP contribution in [-0.4, -0.2) is 35.5 Å². The minimum atomic E-state index is -3.57. The molecule has 1 rings (SSSR count). The predicted octanol–water partition coefficient (Wildman–Crippen LogP) is 1.88. The monoisotopic (exact) mass is 279 g/mol. The zero-order valence-corrected chi connectivity index (χ0v) is 12.1. The van der Waals surface area contributed by atoms with Crippen molar-refractivity contribution in [2.24, 2.45) is 0 Å². The third kappa shape index (κ3) is 2.64. The van der Waals surface area contributed by atoms with Crippen LogP contribution in [0.15, 0.2) is 5.03 Å². The first-order valence-corrected chi connectivity index (χ1v) is 7.45. The zero-order valence-electron chi connectivity index (χ0n) is 10.5. The molecule has 0 spiro atoms. The first-order valence-electron chi connectivity index (χ1n) is 5.47. The molecule has 98 valence electrons. The van der Waals surface area contributed by atoms with Crippen LogP contribution in [-0.2, 0) is 15.9 Å². The van der Waals surface area contributed by atoms with Crippen LogP contribution in [0, 0.1) is 6.92 Å². The van der Waals surface area contributed by atoms with Crippen molar-refractivity contribution in [2.45, 2.75) is 44.6 Å². The second kappa shape index (κ2) is 5.37. The summed E-state index contributed by atoms with van der Waals surface area (Å²) in [5.41, 5.74) is 1.24. The van der Waals surface area contributed by atoms with E-state index in [-0.39, 0.29) is 16.9 Å². The van der Waals surface area contributed by atoms with Gasteiger partial charge in [-0.3, -0.25) is 5.10 Å². The maximum atomic E-state index is 12.4. The second-order valence-electron chi connectivity index (χ2n) is 4.07. The highest BCUT2D eigenvalue weighted by atomic mass is 35.5. The highest BCUT2D eigenvalue weighted by Crippen LogP contribution is 2.23. The summed E-state index contributed by atoms with van der Waals surface area (Å²) >= 11 is 5.77. The SMILES string of the molecule is CCN(C(C)C)S(=O)(=O)c1n[nH]c(C)c1CCl. The lowest BCUT2D eigenvalue weighted by molar-refractivity contribution is 0.367. The number of aryl methyl sites for hydroxylation is 1. The van der Waals surface area contributed by atoms with Gasteiger partial charge in [-0.25, -0.2) is 8.42 Å². The topological polar surface area (TPSA) is 66.1 Å². The Balaban J connectivity index is 3.30. The minimum Gasteiger partial charge on any atom is -0.281 e. The van der Waals surface area contributed by atoms with E-state index in [2.05, 4.69) is 10.2 Å². The maximum absolute atomic E-state index is 12.4. The number of alkyl halides is 1. The Kier molecular flexibility index (Phi) is 4.57. The van der Waals surface area contributed by atoms with Crippen LogP contribution in [0.3, 0.4) is 0 Å². The van der Waals surface area contributed by atoms with Gasteiger partial charge in [0.2, 0.25) is 0 Å². The van der Waals surface area contributed by atoms with Gasteiger partial charge >= 0.3 is 0 Å². The van der Waals surface area contributed by atoms with Gasteiger partial charge in [-0.2, -0.15) is 9.40 Å². The summed E-state index contributed by atoms with van der Waals surface area (Å²) in [6, 6.07) is -0.106. The minimum absolute atomic E-state index is 0.0422. The Bertz CT molecular complexity index is 482. The van der Waals surface area contributed by atoms with Crippen molar-refractivity contribution >= 4 is 21.6 Å². The number of nitrogens with zero attached hydrogens (tertiary/aromatic N) is 2. The van der Waals surface area contributed by atoms with Gasteiger partial charge in [0.05, 0.1) is 5.88 Å². The average Bonchev–Trinajstić information content (AvgIpc) is 2.59. The Morgan fingerprint density at radius 2 is 2.06 bits per heavy atom. The van der Waals surface area contributed by atoms with Gasteiger partial charge in [-0.15, -0.1) is 11.6 Å². The van der Waals surface area contributed by atoms with E-state index in [9.17, 15) is 8.42 Å². The van der Waals surface area contributed by atoms with Gasteiger partial charge < -0.3 is 0 Å². The molecular formula is C10H18ClN3O2S. The fraction of sp³-hybridized carbons (Fsp3) is 0.700. The number of hydrogen-bond acceptors (Lipinski definition) is 3. The predicted molar refractivity (Wildman–Crippen MR) is 67.6 cm³/mol. The second-order valence-corrected chi connectivity index (χ2v) is 6.14. The van der Waals surface area contributed by atoms with Crippen molar-refractivity contribution in [1.82, 2.24) is 14.5 Å². The number of hydrogen-bond donors (Lipinski definition) is 1. The van der Waals surface area contributed by atoms with Crippen LogP contribution in [0.1, 0.15) is 32.0 Å². The number of aromatic nitrogens is 2. The maximum Gasteiger partial charge on any atom is 0.262 e. The third-order valence-electron chi connectivity index (χ3n) is 2.61. The summed E-state index contributed by atoms with van der Waals surface area (Å²) in [5, 5.41) is 6.58. The summed E-state index contributed by atoms with van der Waals surface area (Å²) in [6.07, 6.45) is 0. The molecule has 0 aliphatic carbocycles. The smallest absolute Gasteiger partial charge is 0.262 e. The molecule has 0 aliphatic rings. The van der Waals surface area contributed by atoms with E-state index in [1.807, 2.05) is 13.8 Å². The van der Waals surface area contributed by atoms with E-state index in [4.69, 9.17) is 11.6 Å². The van der Waals surface area contributed by atoms with E-state index in [0.717, 1.165) is 0 Å². The van der Waals surface area contributed by atoms with Gasteiger partial charge in [-0.1, -0.05) is 6.92 Å². The molecule has 1 aromatic rings. The van der Waals surface area contributed by atoms with E-state index in [1.165, 1.54) is 4.31 Å². The molecule has 1 N–H and O–H groups in total. The molecule has 1 heterocycles. The van der Waals surface area contributed by atoms with Crippen molar-refractivity contribution in [2.75, 3.05) is 6.54 Å². The lowest BCUT2D eigenvalue weighted by Crippen LogP contribution is -2.37. The van der Waals surface area contributed by atoms with Crippen molar-refractivity contribution in [1.29, 1.82) is 0 Å². The molecule has 7 heteroatoms. The number of nitrogens with one attached hydrogen (secondary N) is 1. The number of aromatic amines is 1. The number of halogens is 1. The summed E-state index contributed by atoms with van der Waals surface area (Å²) in [4.78, 5) is 0. The lowest BCUT2D eigenvalue weighted by Gasteiger charge is -2.23. The quantitative estimate of drug-likeness (QED) is 0.837. The van der Waals surface area contributed by atoms with Gasteiger partial charge in [0.15, 0.2) is 5.03 Å². The molecule has 0 aliphatic heterocycles. The van der Waals surface area contributed by atoms with Crippen LogP contribution in [0.25, 0.3) is 0 Å². The van der Waals surface area contributed by atoms with Crippen LogP contribution in [0.5, 0.6) is 0 Å². The van der Waals surface area contributed by atoms with Gasteiger partial charge in [-0.05, 0) is 20.8 Å². The molecular weight excluding hydrogens is 262 g/mol. The van der Waals surface area contributed by atoms with Crippen LogP contribution >= 0.6 is 11.6 Å². The molecule has 1 aromatic heterocycles. The number of sulfonamides is 1. The highest BCUT2D eigenvalue weighted by molar-refractivity contribution is 7.89. The highest BCUT2D eigenvalue weighted by Gasteiger charge is 2.30. The Labute approximate surface area is 107 Å². The molecule has 0 amide bonds. The first-order chi connectivity index (χ1) is 7.86. The summed E-state index contributed by atoms with van der Waals surface area (Å²) in [6.45, 7) is 7.64. The molecule has 0 radical (unpaired) electrons. The van der Waals surface area contributed by atoms with E-state index < -0.39 is 10.0 Å². The summed E-state index contributed by atoms with van der Waals surface area (Å²) in [5.74, 6) is 0.131. The molecule has 0 bridgehead atoms. The van der Waals surface area contributed by atoms with Crippen LogP contribution in [0.2, 0.25) is 0 Å². The van der Waals surface area contributed by atoms with Gasteiger partial charge in [0, 0.05) is 23.8 Å². The Hall–Kier alpha value is -0.590. The number of rotatable bonds is 5. The van der Waals surface area contributed by atoms with Crippen LogP contribution in [0.4, 0.5) is 0 Å². The standard InChI is InChI=1S/C10H18ClN3O2S/c1-5-14(7(2)3)17(15,16)10-9(6-11)8(4)12-13-10/h7H,5-6H2,1-4H3,(H,12,13). The fourth-order valence-corrected chi connectivity index (χ4v) is 3.95. The molecule has 0 atom stereocenters. The fourth-order valence-electron chi connectivity index (χ4n) is 1.72. The van der Waals surface area contributed by atoms with E-state index in [0.29, 0.717) is 17.8 Å². The van der Waals surface area contributed by atoms with E-state index in [1.54, 1.807) is 13.8 Å². The third-order valence-corrected chi connectivity index (χ3v) is 5.00. The summed E-state index contributed by atoms with van der Waals surface area (Å²) < 4.78 is 26.2. The number of H-pyrrole nitrogens is 1. The largest absolute Gasteiger partial charge is 0.281 e. The van der Waals surface area contributed by atoms with Gasteiger partial charge in [0.1, 0.15) is 0 Å². The van der Waals surface area contributed by atoms with Crippen molar-refractivity contribution in [3.8, 4) is 0 Å². The van der Waals surface area contributed by atoms with Crippen LogP contribution < -0.4 is 0 Å². The molecule has 17 heavy (non-hydrogen) atoms. The molecule has 0 saturated heterocycles. The zero-order chi connectivity index (χ0) is 13.2. The molecule has 5 nitrogen and oxygen atoms in total. The molecule has 0 saturated carbocycles. The van der Waals surface area contributed by atoms with Gasteiger partial charge in [0.25, 0.3) is 10.0 Å². The van der Waals surface area contributed by atoms with Crippen molar-refractivity contribution in [3.63, 3.8) is 0 Å². The molecule has 0 unspecified atom stereocenters. The average molecular weight is 280 g/mol.